The van der Waals surface area contributed by atoms with Gasteiger partial charge in [0.2, 0.25) is 5.91 Å². The Hall–Kier alpha value is -0.610. The highest BCUT2D eigenvalue weighted by Gasteiger charge is 2.23. The third kappa shape index (κ3) is 0.801. The van der Waals surface area contributed by atoms with Gasteiger partial charge < -0.3 is 5.32 Å². The summed E-state index contributed by atoms with van der Waals surface area (Å²) in [6.45, 7) is 1.37. The molecule has 0 atom stereocenters. The van der Waals surface area contributed by atoms with Gasteiger partial charge in [-0.05, 0) is 0 Å². The lowest BCUT2D eigenvalue weighted by molar-refractivity contribution is -0.134. The minimum Gasteiger partial charge on any atom is -0.315 e. The molecule has 1 fully saturated rings. The average Bonchev–Trinajstić information content (AvgIpc) is 1.62. The van der Waals surface area contributed by atoms with Gasteiger partial charge in [0.05, 0.1) is 5.92 Å². The van der Waals surface area contributed by atoms with Gasteiger partial charge in [0, 0.05) is 13.1 Å². The Kier molecular flexibility index (Phi) is 1.45. The van der Waals surface area contributed by atoms with Crippen LogP contribution < -0.4 is 10.8 Å². The van der Waals surface area contributed by atoms with Crippen LogP contribution in [0.3, 0.4) is 0 Å². The number of hydrogen-bond acceptors (Lipinski definition) is 3. The third-order valence-electron chi connectivity index (χ3n) is 1.26. The summed E-state index contributed by atoms with van der Waals surface area (Å²) < 4.78 is 0. The van der Waals surface area contributed by atoms with Crippen molar-refractivity contribution in [3.05, 3.63) is 0 Å². The van der Waals surface area contributed by atoms with Crippen LogP contribution in [0.2, 0.25) is 0 Å². The van der Waals surface area contributed by atoms with E-state index in [-0.39, 0.29) is 11.8 Å². The van der Waals surface area contributed by atoms with Gasteiger partial charge >= 0.3 is 0 Å². The molecule has 1 saturated heterocycles. The lowest BCUT2D eigenvalue weighted by Gasteiger charge is -2.24. The topological polar surface area (TPSA) is 61.4 Å². The first-order valence-corrected chi connectivity index (χ1v) is 2.49. The minimum atomic E-state index is -0.288. The highest BCUT2D eigenvalue weighted by Crippen LogP contribution is 2.00. The maximum absolute atomic E-state index is 10.4. The van der Waals surface area contributed by atoms with Crippen LogP contribution in [-0.4, -0.2) is 24.2 Å². The first-order valence-electron chi connectivity index (χ1n) is 2.49. The van der Waals surface area contributed by atoms with Gasteiger partial charge in [-0.15, -0.1) is 0 Å². The zero-order valence-electron chi connectivity index (χ0n) is 4.35. The summed E-state index contributed by atoms with van der Waals surface area (Å²) >= 11 is 0. The molecular weight excluding hydrogens is 108 g/mol. The molecule has 3 N–H and O–H groups in total. The molecule has 8 heavy (non-hydrogen) atoms. The molecule has 46 valence electrons. The summed E-state index contributed by atoms with van der Waals surface area (Å²) in [5.74, 6) is -0.302. The molecule has 0 aliphatic carbocycles. The van der Waals surface area contributed by atoms with Gasteiger partial charge in [-0.3, -0.25) is 10.0 Å². The predicted molar refractivity (Wildman–Crippen MR) is 26.3 cm³/mol. The molecule has 0 aromatic rings. The Morgan fingerprint density at radius 3 is 2.50 bits per heavy atom. The van der Waals surface area contributed by atoms with Crippen molar-refractivity contribution in [3.63, 3.8) is 0 Å². The smallest absolute Gasteiger partial charge is 0.249 e. The Labute approximate surface area is 46.8 Å². The number of carbonyl (C=O) groups excluding carboxylic acids is 1. The predicted octanol–water partition coefficient (Wildman–Crippen LogP) is -1.29. The number of nitrogens with one attached hydrogen (secondary N) is 2. The number of hydrogen-bond donors (Lipinski definition) is 3. The van der Waals surface area contributed by atoms with Crippen molar-refractivity contribution in [2.75, 3.05) is 13.1 Å². The summed E-state index contributed by atoms with van der Waals surface area (Å²) in [6, 6.07) is 0. The molecule has 0 unspecified atom stereocenters. The van der Waals surface area contributed by atoms with E-state index in [4.69, 9.17) is 5.21 Å². The zero-order valence-corrected chi connectivity index (χ0v) is 4.35. The van der Waals surface area contributed by atoms with Crippen LogP contribution in [0.4, 0.5) is 0 Å². The molecule has 1 amide bonds. The quantitative estimate of drug-likeness (QED) is 0.295. The van der Waals surface area contributed by atoms with E-state index in [0.717, 1.165) is 0 Å². The van der Waals surface area contributed by atoms with Gasteiger partial charge in [-0.25, -0.2) is 5.48 Å². The molecule has 0 aromatic carbocycles. The summed E-state index contributed by atoms with van der Waals surface area (Å²) in [6.07, 6.45) is 0. The number of hydroxylamine groups is 1. The zero-order chi connectivity index (χ0) is 5.98. The Morgan fingerprint density at radius 2 is 2.38 bits per heavy atom. The fourth-order valence-corrected chi connectivity index (χ4v) is 0.565. The standard InChI is InChI=1S/C4H8N2O2/c7-4(6-8)3-1-5-2-3/h3,5,8H,1-2H2,(H,6,7). The van der Waals surface area contributed by atoms with E-state index in [1.165, 1.54) is 0 Å². The Bertz CT molecular complexity index is 100. The fourth-order valence-electron chi connectivity index (χ4n) is 0.565. The Balaban J connectivity index is 2.24. The number of rotatable bonds is 1. The minimum absolute atomic E-state index is 0.0139. The second-order valence-electron chi connectivity index (χ2n) is 1.83. The lowest BCUT2D eigenvalue weighted by atomic mass is 10.0. The van der Waals surface area contributed by atoms with E-state index < -0.39 is 0 Å². The molecule has 1 aliphatic rings. The molecular formula is C4H8N2O2. The Morgan fingerprint density at radius 1 is 1.75 bits per heavy atom. The van der Waals surface area contributed by atoms with Crippen LogP contribution in [0, 0.1) is 5.92 Å². The van der Waals surface area contributed by atoms with Gasteiger partial charge in [-0.2, -0.15) is 0 Å². The van der Waals surface area contributed by atoms with Crippen molar-refractivity contribution in [1.29, 1.82) is 0 Å². The SMILES string of the molecule is O=C(NO)C1CNC1. The molecule has 1 aliphatic heterocycles. The second-order valence-corrected chi connectivity index (χ2v) is 1.83. The van der Waals surface area contributed by atoms with Crippen LogP contribution in [0.25, 0.3) is 0 Å². The first-order chi connectivity index (χ1) is 3.84. The average molecular weight is 116 g/mol. The van der Waals surface area contributed by atoms with Crippen molar-refractivity contribution in [1.82, 2.24) is 10.8 Å². The van der Waals surface area contributed by atoms with Crippen LogP contribution in [-0.2, 0) is 4.79 Å². The molecule has 0 spiro atoms. The van der Waals surface area contributed by atoms with Gasteiger partial charge in [-0.1, -0.05) is 0 Å². The van der Waals surface area contributed by atoms with Gasteiger partial charge in [0.25, 0.3) is 0 Å². The van der Waals surface area contributed by atoms with Crippen molar-refractivity contribution in [2.24, 2.45) is 5.92 Å². The number of amides is 1. The molecule has 1 rings (SSSR count). The van der Waals surface area contributed by atoms with E-state index in [1.54, 1.807) is 5.48 Å². The van der Waals surface area contributed by atoms with Crippen molar-refractivity contribution < 1.29 is 10.0 Å². The monoisotopic (exact) mass is 116 g/mol. The fraction of sp³-hybridized carbons (Fsp3) is 0.750. The van der Waals surface area contributed by atoms with Crippen molar-refractivity contribution in [3.8, 4) is 0 Å². The van der Waals surface area contributed by atoms with E-state index in [0.29, 0.717) is 13.1 Å². The van der Waals surface area contributed by atoms with Crippen molar-refractivity contribution in [2.45, 2.75) is 0 Å². The van der Waals surface area contributed by atoms with E-state index >= 15 is 0 Å². The summed E-state index contributed by atoms with van der Waals surface area (Å²) in [5, 5.41) is 10.9. The summed E-state index contributed by atoms with van der Waals surface area (Å²) in [5.41, 5.74) is 1.59. The lowest BCUT2D eigenvalue weighted by Crippen LogP contribution is -2.50. The summed E-state index contributed by atoms with van der Waals surface area (Å²) in [4.78, 5) is 10.4. The number of carbonyl (C=O) groups is 1. The van der Waals surface area contributed by atoms with E-state index in [2.05, 4.69) is 5.32 Å². The molecule has 0 saturated carbocycles. The largest absolute Gasteiger partial charge is 0.315 e. The molecule has 0 aromatic heterocycles. The molecule has 4 nitrogen and oxygen atoms in total. The normalized spacial score (nSPS) is 19.6. The summed E-state index contributed by atoms with van der Waals surface area (Å²) in [7, 11) is 0. The van der Waals surface area contributed by atoms with Crippen LogP contribution in [0.1, 0.15) is 0 Å². The van der Waals surface area contributed by atoms with E-state index in [1.807, 2.05) is 0 Å². The van der Waals surface area contributed by atoms with Crippen LogP contribution in [0.15, 0.2) is 0 Å². The van der Waals surface area contributed by atoms with Gasteiger partial charge in [0.1, 0.15) is 0 Å². The van der Waals surface area contributed by atoms with Gasteiger partial charge in [0.15, 0.2) is 0 Å². The molecule has 1 heterocycles. The molecule has 0 radical (unpaired) electrons. The third-order valence-corrected chi connectivity index (χ3v) is 1.26. The maximum Gasteiger partial charge on any atom is 0.249 e. The highest BCUT2D eigenvalue weighted by atomic mass is 16.5. The van der Waals surface area contributed by atoms with Crippen molar-refractivity contribution >= 4 is 5.91 Å². The first kappa shape index (κ1) is 5.53. The molecule has 4 heteroatoms. The van der Waals surface area contributed by atoms with Crippen LogP contribution in [0.5, 0.6) is 0 Å². The van der Waals surface area contributed by atoms with Crippen LogP contribution >= 0.6 is 0 Å². The highest BCUT2D eigenvalue weighted by molar-refractivity contribution is 5.78. The maximum atomic E-state index is 10.4. The van der Waals surface area contributed by atoms with E-state index in [9.17, 15) is 4.79 Å². The molecule has 0 bridgehead atoms. The second kappa shape index (κ2) is 2.11.